The lowest BCUT2D eigenvalue weighted by Crippen LogP contribution is -2.21. The summed E-state index contributed by atoms with van der Waals surface area (Å²) in [4.78, 5) is 14.6. The number of ether oxygens (including phenoxy) is 1. The van der Waals surface area contributed by atoms with E-state index < -0.39 is 0 Å². The van der Waals surface area contributed by atoms with Crippen LogP contribution in [0, 0.1) is 6.92 Å². The number of anilines is 1. The molecule has 2 aromatic rings. The number of carbonyl (C=O) groups excluding carboxylic acids is 1. The minimum Gasteiger partial charge on any atom is -0.460 e. The van der Waals surface area contributed by atoms with E-state index in [4.69, 9.17) is 4.74 Å². The van der Waals surface area contributed by atoms with Gasteiger partial charge in [0.1, 0.15) is 11.5 Å². The van der Waals surface area contributed by atoms with Gasteiger partial charge in [-0.2, -0.15) is 0 Å². The predicted molar refractivity (Wildman–Crippen MR) is 98.7 cm³/mol. The highest BCUT2D eigenvalue weighted by molar-refractivity contribution is 6.01. The Morgan fingerprint density at radius 2 is 1.88 bits per heavy atom. The van der Waals surface area contributed by atoms with Crippen molar-refractivity contribution in [3.63, 3.8) is 0 Å². The van der Waals surface area contributed by atoms with Gasteiger partial charge in [0.15, 0.2) is 5.78 Å². The first-order chi connectivity index (χ1) is 11.6. The van der Waals surface area contributed by atoms with Crippen LogP contribution in [0.3, 0.4) is 0 Å². The summed E-state index contributed by atoms with van der Waals surface area (Å²) >= 11 is 0. The van der Waals surface area contributed by atoms with Crippen LogP contribution in [0.25, 0.3) is 6.08 Å². The zero-order chi connectivity index (χ0) is 17.1. The highest BCUT2D eigenvalue weighted by atomic mass is 16.5. The van der Waals surface area contributed by atoms with Gasteiger partial charge in [-0.15, -0.1) is 0 Å². The number of benzene rings is 2. The first kappa shape index (κ1) is 16.3. The summed E-state index contributed by atoms with van der Waals surface area (Å²) < 4.78 is 5.91. The van der Waals surface area contributed by atoms with Crippen LogP contribution in [0.15, 0.2) is 48.2 Å². The summed E-state index contributed by atoms with van der Waals surface area (Å²) in [5.41, 5.74) is 4.17. The first-order valence-corrected chi connectivity index (χ1v) is 8.48. The van der Waals surface area contributed by atoms with E-state index in [0.717, 1.165) is 18.7 Å². The second-order valence-corrected chi connectivity index (χ2v) is 6.02. The maximum Gasteiger partial charge on any atom is 0.174 e. The van der Waals surface area contributed by atoms with Gasteiger partial charge in [0.25, 0.3) is 0 Å². The van der Waals surface area contributed by atoms with E-state index in [1.54, 1.807) is 0 Å². The molecule has 0 radical (unpaired) electrons. The molecule has 0 saturated heterocycles. The molecule has 1 heterocycles. The number of fused-ring (bicyclic) bond motifs is 1. The van der Waals surface area contributed by atoms with Gasteiger partial charge < -0.3 is 9.64 Å². The molecule has 3 heteroatoms. The lowest BCUT2D eigenvalue weighted by atomic mass is 10.0. The summed E-state index contributed by atoms with van der Waals surface area (Å²) in [5.74, 6) is 1.47. The highest BCUT2D eigenvalue weighted by Gasteiger charge is 2.21. The van der Waals surface area contributed by atoms with Crippen LogP contribution in [0.4, 0.5) is 5.69 Å². The second kappa shape index (κ2) is 6.91. The Hall–Kier alpha value is -2.55. The third-order valence-corrected chi connectivity index (χ3v) is 4.46. The SMILES string of the molecule is CCN(CC)c1ccc(/C=C2/CC(=O)c3ccccc3O2)c(C)c1. The summed E-state index contributed by atoms with van der Waals surface area (Å²) in [7, 11) is 0. The van der Waals surface area contributed by atoms with E-state index >= 15 is 0 Å². The number of ketones is 1. The topological polar surface area (TPSA) is 29.5 Å². The summed E-state index contributed by atoms with van der Waals surface area (Å²) in [6.45, 7) is 8.40. The fourth-order valence-corrected chi connectivity index (χ4v) is 3.08. The molecule has 0 saturated carbocycles. The van der Waals surface area contributed by atoms with Crippen molar-refractivity contribution in [2.45, 2.75) is 27.2 Å². The van der Waals surface area contributed by atoms with Crippen molar-refractivity contribution < 1.29 is 9.53 Å². The Kier molecular flexibility index (Phi) is 4.70. The number of rotatable bonds is 4. The van der Waals surface area contributed by atoms with Gasteiger partial charge in [0.2, 0.25) is 0 Å². The molecule has 0 fully saturated rings. The lowest BCUT2D eigenvalue weighted by molar-refractivity contribution is 0.0965. The number of aryl methyl sites for hydroxylation is 1. The molecule has 3 rings (SSSR count). The zero-order valence-electron chi connectivity index (χ0n) is 14.5. The number of hydrogen-bond donors (Lipinski definition) is 0. The van der Waals surface area contributed by atoms with Crippen molar-refractivity contribution in [1.29, 1.82) is 0 Å². The number of nitrogens with zero attached hydrogens (tertiary/aromatic N) is 1. The zero-order valence-corrected chi connectivity index (χ0v) is 14.5. The molecule has 0 bridgehead atoms. The van der Waals surface area contributed by atoms with Gasteiger partial charge in [0.05, 0.1) is 12.0 Å². The summed E-state index contributed by atoms with van der Waals surface area (Å²) in [6.07, 6.45) is 2.30. The minimum atomic E-state index is 0.112. The average molecular weight is 321 g/mol. The molecular weight excluding hydrogens is 298 g/mol. The van der Waals surface area contributed by atoms with E-state index in [-0.39, 0.29) is 5.78 Å². The second-order valence-electron chi connectivity index (χ2n) is 6.02. The standard InChI is InChI=1S/C21H23NO2/c1-4-22(5-2)17-11-10-16(15(3)12-17)13-18-14-20(23)19-8-6-7-9-21(19)24-18/h6-13H,4-5,14H2,1-3H3/b18-13-. The Morgan fingerprint density at radius 3 is 2.58 bits per heavy atom. The molecule has 0 N–H and O–H groups in total. The number of allylic oxidation sites excluding steroid dienone is 1. The smallest absolute Gasteiger partial charge is 0.174 e. The third kappa shape index (κ3) is 3.21. The Labute approximate surface area is 143 Å². The van der Waals surface area contributed by atoms with Crippen LogP contribution in [0.1, 0.15) is 41.8 Å². The van der Waals surface area contributed by atoms with Crippen molar-refractivity contribution in [2.75, 3.05) is 18.0 Å². The molecular formula is C21H23NO2. The largest absolute Gasteiger partial charge is 0.460 e. The van der Waals surface area contributed by atoms with Crippen LogP contribution >= 0.6 is 0 Å². The Morgan fingerprint density at radius 1 is 1.12 bits per heavy atom. The molecule has 0 spiro atoms. The number of carbonyl (C=O) groups is 1. The summed E-state index contributed by atoms with van der Waals surface area (Å²) in [5, 5.41) is 0. The fourth-order valence-electron chi connectivity index (χ4n) is 3.08. The molecule has 0 amide bonds. The van der Waals surface area contributed by atoms with Crippen molar-refractivity contribution in [3.8, 4) is 5.75 Å². The number of Topliss-reactive ketones (excluding diaryl/α,β-unsaturated/α-hetero) is 1. The van der Waals surface area contributed by atoms with E-state index in [1.807, 2.05) is 30.3 Å². The number of hydrogen-bond acceptors (Lipinski definition) is 3. The Bertz CT molecular complexity index is 788. The molecule has 0 aromatic heterocycles. The van der Waals surface area contributed by atoms with Crippen LogP contribution in [-0.4, -0.2) is 18.9 Å². The lowest BCUT2D eigenvalue weighted by Gasteiger charge is -2.22. The highest BCUT2D eigenvalue weighted by Crippen LogP contribution is 2.30. The maximum atomic E-state index is 12.3. The average Bonchev–Trinajstić information content (AvgIpc) is 2.58. The molecule has 2 aromatic carbocycles. The fraction of sp³-hybridized carbons (Fsp3) is 0.286. The minimum absolute atomic E-state index is 0.112. The monoisotopic (exact) mass is 321 g/mol. The molecule has 0 atom stereocenters. The van der Waals surface area contributed by atoms with Gasteiger partial charge in [-0.1, -0.05) is 18.2 Å². The van der Waals surface area contributed by atoms with E-state index in [9.17, 15) is 4.79 Å². The molecule has 3 nitrogen and oxygen atoms in total. The van der Waals surface area contributed by atoms with Crippen molar-refractivity contribution in [3.05, 3.63) is 64.9 Å². The van der Waals surface area contributed by atoms with Crippen LogP contribution in [-0.2, 0) is 0 Å². The van der Waals surface area contributed by atoms with Crippen LogP contribution < -0.4 is 9.64 Å². The molecule has 24 heavy (non-hydrogen) atoms. The van der Waals surface area contributed by atoms with E-state index in [2.05, 4.69) is 43.9 Å². The van der Waals surface area contributed by atoms with Gasteiger partial charge in [0, 0.05) is 18.8 Å². The van der Waals surface area contributed by atoms with Gasteiger partial charge in [-0.05, 0) is 62.2 Å². The van der Waals surface area contributed by atoms with Crippen molar-refractivity contribution >= 4 is 17.5 Å². The predicted octanol–water partition coefficient (Wildman–Crippen LogP) is 4.85. The third-order valence-electron chi connectivity index (χ3n) is 4.46. The first-order valence-electron chi connectivity index (χ1n) is 8.48. The molecule has 0 unspecified atom stereocenters. The van der Waals surface area contributed by atoms with Crippen LogP contribution in [0.5, 0.6) is 5.75 Å². The van der Waals surface area contributed by atoms with Crippen molar-refractivity contribution in [1.82, 2.24) is 0 Å². The molecule has 0 aliphatic carbocycles. The van der Waals surface area contributed by atoms with Gasteiger partial charge in [-0.3, -0.25) is 4.79 Å². The van der Waals surface area contributed by atoms with Gasteiger partial charge >= 0.3 is 0 Å². The number of para-hydroxylation sites is 1. The van der Waals surface area contributed by atoms with Crippen molar-refractivity contribution in [2.24, 2.45) is 0 Å². The quantitative estimate of drug-likeness (QED) is 0.806. The molecule has 1 aliphatic heterocycles. The normalized spacial score (nSPS) is 15.1. The Balaban J connectivity index is 1.88. The molecule has 1 aliphatic rings. The maximum absolute atomic E-state index is 12.3. The van der Waals surface area contributed by atoms with Gasteiger partial charge in [-0.25, -0.2) is 0 Å². The van der Waals surface area contributed by atoms with E-state index in [1.165, 1.54) is 11.3 Å². The molecule has 124 valence electrons. The van der Waals surface area contributed by atoms with Crippen LogP contribution in [0.2, 0.25) is 0 Å². The summed E-state index contributed by atoms with van der Waals surface area (Å²) in [6, 6.07) is 13.8. The van der Waals surface area contributed by atoms with E-state index in [0.29, 0.717) is 23.5 Å².